The maximum Gasteiger partial charge on any atom is 0.138 e. The van der Waals surface area contributed by atoms with Gasteiger partial charge in [-0.2, -0.15) is 10.2 Å². The van der Waals surface area contributed by atoms with Crippen LogP contribution < -0.4 is 0 Å². The van der Waals surface area contributed by atoms with Gasteiger partial charge in [-0.1, -0.05) is 31.9 Å². The molecule has 0 radical (unpaired) electrons. The fourth-order valence-corrected chi connectivity index (χ4v) is 4.08. The van der Waals surface area contributed by atoms with Gasteiger partial charge in [0.05, 0.1) is 21.4 Å². The maximum absolute atomic E-state index is 9.89. The quantitative estimate of drug-likeness (QED) is 0.382. The molecule has 0 saturated carbocycles. The minimum absolute atomic E-state index is 0.0789. The predicted molar refractivity (Wildman–Crippen MR) is 102 cm³/mol. The molecule has 0 aromatic heterocycles. The molecule has 0 aliphatic heterocycles. The molecule has 2 N–H and O–H groups in total. The molecule has 0 saturated heterocycles. The van der Waals surface area contributed by atoms with Gasteiger partial charge in [0, 0.05) is 20.1 Å². The Morgan fingerprint density at radius 2 is 1.05 bits per heavy atom. The lowest BCUT2D eigenvalue weighted by atomic mass is 10.2. The van der Waals surface area contributed by atoms with Gasteiger partial charge in [0.2, 0.25) is 0 Å². The first-order valence-electron chi connectivity index (χ1n) is 5.81. The van der Waals surface area contributed by atoms with Gasteiger partial charge in [-0.3, -0.25) is 0 Å². The van der Waals surface area contributed by atoms with E-state index in [1.165, 1.54) is 12.4 Å². The molecular formula is C14H8Br4N2O2. The lowest BCUT2D eigenvalue weighted by molar-refractivity contribution is 0.470. The highest BCUT2D eigenvalue weighted by atomic mass is 79.9. The van der Waals surface area contributed by atoms with E-state index in [1.54, 1.807) is 24.3 Å². The van der Waals surface area contributed by atoms with Crippen molar-refractivity contribution in [1.82, 2.24) is 0 Å². The first kappa shape index (κ1) is 17.7. The summed E-state index contributed by atoms with van der Waals surface area (Å²) in [7, 11) is 0. The van der Waals surface area contributed by atoms with Crippen molar-refractivity contribution in [3.8, 4) is 11.5 Å². The zero-order valence-electron chi connectivity index (χ0n) is 10.8. The Bertz CT molecular complexity index is 710. The minimum atomic E-state index is 0.0789. The van der Waals surface area contributed by atoms with Gasteiger partial charge in [-0.05, 0) is 56.1 Å². The highest BCUT2D eigenvalue weighted by Crippen LogP contribution is 2.31. The van der Waals surface area contributed by atoms with E-state index < -0.39 is 0 Å². The van der Waals surface area contributed by atoms with E-state index in [0.29, 0.717) is 20.1 Å². The summed E-state index contributed by atoms with van der Waals surface area (Å²) in [4.78, 5) is 0. The number of phenolic OH excluding ortho intramolecular Hbond substituents is 2. The van der Waals surface area contributed by atoms with Gasteiger partial charge >= 0.3 is 0 Å². The third-order valence-electron chi connectivity index (χ3n) is 2.58. The number of aromatic hydroxyl groups is 2. The number of halogens is 4. The van der Waals surface area contributed by atoms with Crippen LogP contribution in [0.15, 0.2) is 52.4 Å². The second-order valence-corrected chi connectivity index (χ2v) is 7.68. The van der Waals surface area contributed by atoms with Crippen molar-refractivity contribution < 1.29 is 10.2 Å². The zero-order chi connectivity index (χ0) is 16.3. The molecule has 0 aliphatic carbocycles. The van der Waals surface area contributed by atoms with E-state index in [1.807, 2.05) is 0 Å². The average molecular weight is 556 g/mol. The first-order valence-corrected chi connectivity index (χ1v) is 8.98. The van der Waals surface area contributed by atoms with E-state index in [0.717, 1.165) is 8.95 Å². The third kappa shape index (κ3) is 4.41. The molecule has 2 rings (SSSR count). The maximum atomic E-state index is 9.89. The lowest BCUT2D eigenvalue weighted by Gasteiger charge is -2.02. The zero-order valence-corrected chi connectivity index (χ0v) is 17.1. The SMILES string of the molecule is Oc1c(Br)cc(Br)cc1/C=N/N=C/c1cc(Br)cc(Br)c1O. The molecule has 0 spiro atoms. The van der Waals surface area contributed by atoms with Crippen LogP contribution in [0.4, 0.5) is 0 Å². The Morgan fingerprint density at radius 1 is 0.682 bits per heavy atom. The van der Waals surface area contributed by atoms with Gasteiger partial charge in [-0.25, -0.2) is 0 Å². The fourth-order valence-electron chi connectivity index (χ4n) is 1.56. The molecular weight excluding hydrogens is 548 g/mol. The van der Waals surface area contributed by atoms with Gasteiger partial charge in [0.15, 0.2) is 0 Å². The molecule has 2 aromatic rings. The Kier molecular flexibility index (Phi) is 6.19. The number of hydrogen-bond acceptors (Lipinski definition) is 4. The highest BCUT2D eigenvalue weighted by Gasteiger charge is 2.06. The standard InChI is InChI=1S/C14H8Br4N2O2/c15-9-1-7(13(21)11(17)3-9)5-19-20-6-8-2-10(16)4-12(18)14(8)22/h1-6,21-22H/b19-5+,20-6+. The smallest absolute Gasteiger partial charge is 0.138 e. The van der Waals surface area contributed by atoms with Crippen LogP contribution >= 0.6 is 63.7 Å². The Balaban J connectivity index is 2.23. The predicted octanol–water partition coefficient (Wildman–Crippen LogP) is 5.60. The Labute approximate surface area is 160 Å². The molecule has 0 heterocycles. The second-order valence-electron chi connectivity index (χ2n) is 4.14. The third-order valence-corrected chi connectivity index (χ3v) is 4.70. The normalized spacial score (nSPS) is 11.6. The molecule has 2 aromatic carbocycles. The van der Waals surface area contributed by atoms with E-state index in [4.69, 9.17) is 0 Å². The van der Waals surface area contributed by atoms with Crippen LogP contribution in [0.5, 0.6) is 11.5 Å². The van der Waals surface area contributed by atoms with Gasteiger partial charge in [0.25, 0.3) is 0 Å². The van der Waals surface area contributed by atoms with Gasteiger partial charge in [0.1, 0.15) is 11.5 Å². The van der Waals surface area contributed by atoms with Crippen LogP contribution in [0.3, 0.4) is 0 Å². The molecule has 4 nitrogen and oxygen atoms in total. The summed E-state index contributed by atoms with van der Waals surface area (Å²) in [6.45, 7) is 0. The van der Waals surface area contributed by atoms with Crippen LogP contribution in [-0.4, -0.2) is 22.6 Å². The molecule has 8 heteroatoms. The number of nitrogens with zero attached hydrogens (tertiary/aromatic N) is 2. The van der Waals surface area contributed by atoms with Crippen LogP contribution in [-0.2, 0) is 0 Å². The van der Waals surface area contributed by atoms with E-state index >= 15 is 0 Å². The van der Waals surface area contributed by atoms with Crippen LogP contribution in [0, 0.1) is 0 Å². The summed E-state index contributed by atoms with van der Waals surface area (Å²) in [5, 5.41) is 27.5. The summed E-state index contributed by atoms with van der Waals surface area (Å²) in [5.41, 5.74) is 1.02. The van der Waals surface area contributed by atoms with Crippen molar-refractivity contribution in [2.75, 3.05) is 0 Å². The van der Waals surface area contributed by atoms with Gasteiger partial charge < -0.3 is 10.2 Å². The highest BCUT2D eigenvalue weighted by molar-refractivity contribution is 9.11. The van der Waals surface area contributed by atoms with Gasteiger partial charge in [-0.15, -0.1) is 0 Å². The van der Waals surface area contributed by atoms with E-state index in [-0.39, 0.29) is 11.5 Å². The largest absolute Gasteiger partial charge is 0.506 e. The molecule has 114 valence electrons. The fraction of sp³-hybridized carbons (Fsp3) is 0. The molecule has 0 bridgehead atoms. The summed E-state index contributed by atoms with van der Waals surface area (Å²) in [6.07, 6.45) is 2.84. The van der Waals surface area contributed by atoms with Crippen LogP contribution in [0.25, 0.3) is 0 Å². The van der Waals surface area contributed by atoms with Crippen molar-refractivity contribution in [3.63, 3.8) is 0 Å². The summed E-state index contributed by atoms with van der Waals surface area (Å²) in [5.74, 6) is 0.158. The lowest BCUT2D eigenvalue weighted by Crippen LogP contribution is -1.86. The van der Waals surface area contributed by atoms with E-state index in [2.05, 4.69) is 73.9 Å². The molecule has 22 heavy (non-hydrogen) atoms. The second kappa shape index (κ2) is 7.72. The molecule has 0 aliphatic rings. The monoisotopic (exact) mass is 552 g/mol. The molecule has 0 amide bonds. The molecule has 0 atom stereocenters. The van der Waals surface area contributed by atoms with Crippen LogP contribution in [0.2, 0.25) is 0 Å². The average Bonchev–Trinajstić information content (AvgIpc) is 2.44. The summed E-state index contributed by atoms with van der Waals surface area (Å²) in [6, 6.07) is 6.89. The molecule has 0 fully saturated rings. The van der Waals surface area contributed by atoms with Crippen molar-refractivity contribution in [3.05, 3.63) is 53.3 Å². The van der Waals surface area contributed by atoms with Crippen molar-refractivity contribution in [2.45, 2.75) is 0 Å². The summed E-state index contributed by atoms with van der Waals surface area (Å²) >= 11 is 13.2. The Hall–Kier alpha value is -0.700. The number of benzene rings is 2. The van der Waals surface area contributed by atoms with Crippen molar-refractivity contribution in [1.29, 1.82) is 0 Å². The summed E-state index contributed by atoms with van der Waals surface area (Å²) < 4.78 is 2.72. The molecule has 0 unspecified atom stereocenters. The van der Waals surface area contributed by atoms with E-state index in [9.17, 15) is 10.2 Å². The number of hydrogen-bond donors (Lipinski definition) is 2. The van der Waals surface area contributed by atoms with Crippen molar-refractivity contribution in [2.24, 2.45) is 10.2 Å². The Morgan fingerprint density at radius 3 is 1.41 bits per heavy atom. The minimum Gasteiger partial charge on any atom is -0.506 e. The van der Waals surface area contributed by atoms with Crippen molar-refractivity contribution >= 4 is 76.1 Å². The first-order chi connectivity index (χ1) is 10.4. The number of phenols is 2. The number of rotatable bonds is 3. The topological polar surface area (TPSA) is 65.2 Å². The van der Waals surface area contributed by atoms with Crippen LogP contribution in [0.1, 0.15) is 11.1 Å².